The van der Waals surface area contributed by atoms with Crippen molar-refractivity contribution in [3.8, 4) is 0 Å². The number of amides is 1. The summed E-state index contributed by atoms with van der Waals surface area (Å²) in [7, 11) is -1.86. The smallest absolute Gasteiger partial charge is 0.240 e. The van der Waals surface area contributed by atoms with Crippen LogP contribution < -0.4 is 10.5 Å². The fourth-order valence-electron chi connectivity index (χ4n) is 3.24. The number of nitrogens with zero attached hydrogens (tertiary/aromatic N) is 1. The molecule has 0 heterocycles. The number of halogens is 1. The van der Waals surface area contributed by atoms with E-state index in [0.717, 1.165) is 37.7 Å². The number of rotatable bonds is 9. The van der Waals surface area contributed by atoms with Crippen LogP contribution in [-0.4, -0.2) is 45.4 Å². The lowest BCUT2D eigenvalue weighted by molar-refractivity contribution is -0.129. The summed E-state index contributed by atoms with van der Waals surface area (Å²) in [4.78, 5) is 14.1. The predicted octanol–water partition coefficient (Wildman–Crippen LogP) is 2.49. The first-order valence-electron chi connectivity index (χ1n) is 9.81. The lowest BCUT2D eigenvalue weighted by Gasteiger charge is -2.21. The van der Waals surface area contributed by atoms with Crippen LogP contribution in [0.4, 0.5) is 0 Å². The third-order valence-corrected chi connectivity index (χ3v) is 6.80. The molecule has 0 aromatic heterocycles. The van der Waals surface area contributed by atoms with Gasteiger partial charge in [-0.15, -0.1) is 12.4 Å². The van der Waals surface area contributed by atoms with Gasteiger partial charge in [0.1, 0.15) is 0 Å². The molecular formula is C20H34ClN3O3S. The van der Waals surface area contributed by atoms with E-state index in [4.69, 9.17) is 5.73 Å². The maximum Gasteiger partial charge on any atom is 0.240 e. The van der Waals surface area contributed by atoms with Gasteiger partial charge in [0.2, 0.25) is 15.9 Å². The Bertz CT molecular complexity index is 753. The molecule has 0 radical (unpaired) electrons. The number of aryl methyl sites for hydroxylation is 2. The van der Waals surface area contributed by atoms with Gasteiger partial charge in [-0.3, -0.25) is 4.79 Å². The van der Waals surface area contributed by atoms with E-state index in [0.29, 0.717) is 12.5 Å². The topological polar surface area (TPSA) is 92.5 Å². The van der Waals surface area contributed by atoms with E-state index in [1.807, 2.05) is 6.07 Å². The van der Waals surface area contributed by atoms with E-state index in [2.05, 4.69) is 18.6 Å². The molecule has 0 spiro atoms. The van der Waals surface area contributed by atoms with E-state index in [-0.39, 0.29) is 42.2 Å². The molecular weight excluding hydrogens is 398 g/mol. The highest BCUT2D eigenvalue weighted by Crippen LogP contribution is 2.24. The molecule has 1 atom stereocenters. The van der Waals surface area contributed by atoms with Crippen molar-refractivity contribution in [3.63, 3.8) is 0 Å². The van der Waals surface area contributed by atoms with Crippen molar-refractivity contribution in [3.05, 3.63) is 29.3 Å². The lowest BCUT2D eigenvalue weighted by Crippen LogP contribution is -2.36. The number of fused-ring (bicyclic) bond motifs is 1. The average Bonchev–Trinajstić information content (AvgIpc) is 2.64. The zero-order valence-electron chi connectivity index (χ0n) is 17.1. The summed E-state index contributed by atoms with van der Waals surface area (Å²) >= 11 is 0. The van der Waals surface area contributed by atoms with E-state index < -0.39 is 10.0 Å². The zero-order chi connectivity index (χ0) is 20.0. The van der Waals surface area contributed by atoms with Crippen LogP contribution in [0.1, 0.15) is 50.7 Å². The SMILES string of the molecule is CC(C)C(N)CCN(C)C(=O)CCNS(=O)(=O)c1ccc2c(c1)CCCC2.Cl. The van der Waals surface area contributed by atoms with Crippen molar-refractivity contribution < 1.29 is 13.2 Å². The summed E-state index contributed by atoms with van der Waals surface area (Å²) in [6.45, 7) is 4.79. The Balaban J connectivity index is 0.00000392. The number of hydrogen-bond donors (Lipinski definition) is 2. The number of carbonyl (C=O) groups is 1. The second-order valence-corrected chi connectivity index (χ2v) is 9.56. The van der Waals surface area contributed by atoms with Crippen molar-refractivity contribution >= 4 is 28.3 Å². The van der Waals surface area contributed by atoms with Gasteiger partial charge < -0.3 is 10.6 Å². The van der Waals surface area contributed by atoms with E-state index in [1.165, 1.54) is 5.56 Å². The van der Waals surface area contributed by atoms with Gasteiger partial charge in [0.15, 0.2) is 0 Å². The molecule has 160 valence electrons. The van der Waals surface area contributed by atoms with Crippen LogP contribution in [0.5, 0.6) is 0 Å². The molecule has 0 saturated heterocycles. The highest BCUT2D eigenvalue weighted by atomic mass is 35.5. The number of hydrogen-bond acceptors (Lipinski definition) is 4. The van der Waals surface area contributed by atoms with Gasteiger partial charge >= 0.3 is 0 Å². The van der Waals surface area contributed by atoms with Crippen LogP contribution in [-0.2, 0) is 27.7 Å². The van der Waals surface area contributed by atoms with Crippen molar-refractivity contribution in [2.75, 3.05) is 20.1 Å². The molecule has 1 aromatic rings. The third-order valence-electron chi connectivity index (χ3n) is 5.34. The molecule has 6 nitrogen and oxygen atoms in total. The van der Waals surface area contributed by atoms with Crippen LogP contribution in [0.25, 0.3) is 0 Å². The summed E-state index contributed by atoms with van der Waals surface area (Å²) in [5, 5.41) is 0. The normalized spacial score (nSPS) is 14.9. The molecule has 1 aromatic carbocycles. The maximum absolute atomic E-state index is 12.5. The Hall–Kier alpha value is -1.15. The van der Waals surface area contributed by atoms with Crippen LogP contribution in [0.2, 0.25) is 0 Å². The molecule has 1 amide bonds. The molecule has 3 N–H and O–H groups in total. The standard InChI is InChI=1S/C20H33N3O3S.ClH/c1-15(2)19(21)11-13-23(3)20(24)10-12-22-27(25,26)18-9-8-16-6-4-5-7-17(16)14-18;/h8-9,14-15,19,22H,4-7,10-13,21H2,1-3H3;1H. The number of benzene rings is 1. The Kier molecular flexibility index (Phi) is 9.90. The zero-order valence-corrected chi connectivity index (χ0v) is 18.7. The summed E-state index contributed by atoms with van der Waals surface area (Å²) in [6, 6.07) is 5.41. The molecule has 0 saturated carbocycles. The minimum Gasteiger partial charge on any atom is -0.346 e. The Labute approximate surface area is 175 Å². The van der Waals surface area contributed by atoms with Crippen molar-refractivity contribution in [1.82, 2.24) is 9.62 Å². The summed E-state index contributed by atoms with van der Waals surface area (Å²) in [6.07, 6.45) is 5.09. The fraction of sp³-hybridized carbons (Fsp3) is 0.650. The first-order valence-corrected chi connectivity index (χ1v) is 11.3. The van der Waals surface area contributed by atoms with Crippen molar-refractivity contribution in [2.45, 2.75) is 63.3 Å². The van der Waals surface area contributed by atoms with Crippen molar-refractivity contribution in [1.29, 1.82) is 0 Å². The summed E-state index contributed by atoms with van der Waals surface area (Å²) in [5.74, 6) is 0.288. The maximum atomic E-state index is 12.5. The first-order chi connectivity index (χ1) is 12.7. The van der Waals surface area contributed by atoms with Crippen LogP contribution in [0, 0.1) is 5.92 Å². The number of nitrogens with two attached hydrogens (primary N) is 1. The van der Waals surface area contributed by atoms with Gasteiger partial charge in [-0.25, -0.2) is 13.1 Å². The first kappa shape index (κ1) is 24.9. The number of sulfonamides is 1. The Morgan fingerprint density at radius 2 is 1.86 bits per heavy atom. The van der Waals surface area contributed by atoms with Gasteiger partial charge in [0.05, 0.1) is 4.90 Å². The van der Waals surface area contributed by atoms with Gasteiger partial charge in [-0.05, 0) is 61.3 Å². The molecule has 0 fully saturated rings. The van der Waals surface area contributed by atoms with Gasteiger partial charge in [-0.1, -0.05) is 19.9 Å². The Morgan fingerprint density at radius 3 is 2.50 bits per heavy atom. The third kappa shape index (κ3) is 7.03. The average molecular weight is 432 g/mol. The molecule has 1 aliphatic carbocycles. The predicted molar refractivity (Wildman–Crippen MR) is 115 cm³/mol. The number of nitrogens with one attached hydrogen (secondary N) is 1. The van der Waals surface area contributed by atoms with E-state index >= 15 is 0 Å². The van der Waals surface area contributed by atoms with E-state index in [9.17, 15) is 13.2 Å². The minimum absolute atomic E-state index is 0. The molecule has 0 aliphatic heterocycles. The van der Waals surface area contributed by atoms with Gasteiger partial charge in [0.25, 0.3) is 0 Å². The van der Waals surface area contributed by atoms with Crippen LogP contribution >= 0.6 is 12.4 Å². The minimum atomic E-state index is -3.59. The number of carbonyl (C=O) groups excluding carboxylic acids is 1. The van der Waals surface area contributed by atoms with Gasteiger partial charge in [-0.2, -0.15) is 0 Å². The summed E-state index contributed by atoms with van der Waals surface area (Å²) in [5.41, 5.74) is 8.38. The van der Waals surface area contributed by atoms with E-state index in [1.54, 1.807) is 24.1 Å². The highest BCUT2D eigenvalue weighted by molar-refractivity contribution is 7.89. The van der Waals surface area contributed by atoms with Crippen molar-refractivity contribution in [2.24, 2.45) is 11.7 Å². The summed E-state index contributed by atoms with van der Waals surface area (Å²) < 4.78 is 27.6. The second-order valence-electron chi connectivity index (χ2n) is 7.80. The Morgan fingerprint density at radius 1 is 1.21 bits per heavy atom. The monoisotopic (exact) mass is 431 g/mol. The molecule has 1 unspecified atom stereocenters. The molecule has 2 rings (SSSR count). The second kappa shape index (κ2) is 11.1. The molecule has 1 aliphatic rings. The molecule has 28 heavy (non-hydrogen) atoms. The quantitative estimate of drug-likeness (QED) is 0.628. The van der Waals surface area contributed by atoms with Crippen LogP contribution in [0.15, 0.2) is 23.1 Å². The van der Waals surface area contributed by atoms with Gasteiger partial charge in [0, 0.05) is 32.6 Å². The lowest BCUT2D eigenvalue weighted by atomic mass is 9.92. The largest absolute Gasteiger partial charge is 0.346 e. The fourth-order valence-corrected chi connectivity index (χ4v) is 4.33. The highest BCUT2D eigenvalue weighted by Gasteiger charge is 2.19. The van der Waals surface area contributed by atoms with Crippen LogP contribution in [0.3, 0.4) is 0 Å². The molecule has 8 heteroatoms. The molecule has 0 bridgehead atoms.